The number of hydrogen-bond acceptors (Lipinski definition) is 5. The Morgan fingerprint density at radius 3 is 2.85 bits per heavy atom. The van der Waals surface area contributed by atoms with E-state index in [1.54, 1.807) is 4.68 Å². The number of aryl methyl sites for hydroxylation is 1. The minimum absolute atomic E-state index is 0.0184. The van der Waals surface area contributed by atoms with Gasteiger partial charge in [0.25, 0.3) is 0 Å². The number of thioether (sulfide) groups is 1. The quantitative estimate of drug-likeness (QED) is 0.596. The summed E-state index contributed by atoms with van der Waals surface area (Å²) in [4.78, 5) is 12.4. The van der Waals surface area contributed by atoms with E-state index in [0.717, 1.165) is 12.1 Å². The molecular formula is C19H25N5OS. The van der Waals surface area contributed by atoms with E-state index in [9.17, 15) is 4.79 Å². The molecule has 6 nitrogen and oxygen atoms in total. The Kier molecular flexibility index (Phi) is 6.44. The van der Waals surface area contributed by atoms with Crippen molar-refractivity contribution in [3.05, 3.63) is 41.5 Å². The van der Waals surface area contributed by atoms with Gasteiger partial charge in [-0.05, 0) is 68.5 Å². The molecule has 1 N–H and O–H groups in total. The molecule has 1 aliphatic carbocycles. The second-order valence-electron chi connectivity index (χ2n) is 6.62. The summed E-state index contributed by atoms with van der Waals surface area (Å²) in [5.41, 5.74) is 3.54. The number of carbonyl (C=O) groups is 1. The average Bonchev–Trinajstić information content (AvgIpc) is 3.11. The van der Waals surface area contributed by atoms with Gasteiger partial charge in [0, 0.05) is 6.54 Å². The summed E-state index contributed by atoms with van der Waals surface area (Å²) in [5.74, 6) is 0.0184. The molecule has 26 heavy (non-hydrogen) atoms. The summed E-state index contributed by atoms with van der Waals surface area (Å²) in [6, 6.07) is 7.97. The van der Waals surface area contributed by atoms with Crippen molar-refractivity contribution in [1.29, 1.82) is 0 Å². The van der Waals surface area contributed by atoms with Crippen LogP contribution in [0.25, 0.3) is 5.69 Å². The number of carbonyl (C=O) groups excluding carboxylic acids is 1. The Bertz CT molecular complexity index is 768. The summed E-state index contributed by atoms with van der Waals surface area (Å²) in [6.45, 7) is 4.61. The van der Waals surface area contributed by atoms with Crippen molar-refractivity contribution in [1.82, 2.24) is 25.5 Å². The van der Waals surface area contributed by atoms with Crippen molar-refractivity contribution >= 4 is 17.7 Å². The van der Waals surface area contributed by atoms with Crippen molar-refractivity contribution in [3.63, 3.8) is 0 Å². The molecule has 1 unspecified atom stereocenters. The van der Waals surface area contributed by atoms with Gasteiger partial charge in [0.2, 0.25) is 11.1 Å². The van der Waals surface area contributed by atoms with Gasteiger partial charge < -0.3 is 5.32 Å². The van der Waals surface area contributed by atoms with Gasteiger partial charge in [0.15, 0.2) is 0 Å². The van der Waals surface area contributed by atoms with E-state index in [4.69, 9.17) is 0 Å². The number of nitrogens with zero attached hydrogens (tertiary/aromatic N) is 4. The van der Waals surface area contributed by atoms with Crippen LogP contribution in [0.15, 0.2) is 41.1 Å². The monoisotopic (exact) mass is 371 g/mol. The maximum atomic E-state index is 12.4. The van der Waals surface area contributed by atoms with E-state index in [2.05, 4.69) is 26.9 Å². The average molecular weight is 372 g/mol. The predicted molar refractivity (Wildman–Crippen MR) is 103 cm³/mol. The van der Waals surface area contributed by atoms with E-state index in [1.165, 1.54) is 48.6 Å². The molecule has 0 saturated heterocycles. The Balaban J connectivity index is 1.53. The van der Waals surface area contributed by atoms with E-state index < -0.39 is 0 Å². The van der Waals surface area contributed by atoms with Crippen LogP contribution in [0.1, 0.15) is 44.6 Å². The van der Waals surface area contributed by atoms with Crippen LogP contribution in [-0.2, 0) is 4.79 Å². The lowest BCUT2D eigenvalue weighted by atomic mass is 9.97. The Labute approximate surface area is 158 Å². The molecule has 1 amide bonds. The lowest BCUT2D eigenvalue weighted by molar-refractivity contribution is -0.120. The highest BCUT2D eigenvalue weighted by Gasteiger charge is 2.19. The highest BCUT2D eigenvalue weighted by Crippen LogP contribution is 2.23. The molecule has 1 atom stereocenters. The van der Waals surface area contributed by atoms with Crippen molar-refractivity contribution in [3.8, 4) is 5.69 Å². The van der Waals surface area contributed by atoms with Crippen LogP contribution >= 0.6 is 11.8 Å². The van der Waals surface area contributed by atoms with E-state index >= 15 is 0 Å². The lowest BCUT2D eigenvalue weighted by Gasteiger charge is -2.14. The van der Waals surface area contributed by atoms with Gasteiger partial charge in [0.05, 0.1) is 10.9 Å². The zero-order valence-corrected chi connectivity index (χ0v) is 16.1. The molecule has 2 aromatic rings. The standard InChI is InChI=1S/C19H25N5OS/c1-14-8-10-17(11-9-14)24-19(21-22-23-24)26-15(2)18(25)20-13-12-16-6-4-3-5-7-16/h6,8-11,15H,3-5,7,12-13H2,1-2H3,(H,20,25). The van der Waals surface area contributed by atoms with Gasteiger partial charge in [-0.3, -0.25) is 4.79 Å². The SMILES string of the molecule is Cc1ccc(-n2nnnc2SC(C)C(=O)NCCC2=CCCCC2)cc1. The highest BCUT2D eigenvalue weighted by atomic mass is 32.2. The Morgan fingerprint density at radius 2 is 2.12 bits per heavy atom. The summed E-state index contributed by atoms with van der Waals surface area (Å²) in [7, 11) is 0. The third-order valence-electron chi connectivity index (χ3n) is 4.50. The normalized spacial score (nSPS) is 15.4. The number of allylic oxidation sites excluding steroid dienone is 1. The van der Waals surface area contributed by atoms with Crippen LogP contribution in [0.5, 0.6) is 0 Å². The minimum atomic E-state index is -0.259. The topological polar surface area (TPSA) is 72.7 Å². The van der Waals surface area contributed by atoms with Gasteiger partial charge in [0.1, 0.15) is 0 Å². The van der Waals surface area contributed by atoms with Crippen LogP contribution in [0.3, 0.4) is 0 Å². The molecule has 0 fully saturated rings. The molecule has 3 rings (SSSR count). The maximum Gasteiger partial charge on any atom is 0.233 e. The minimum Gasteiger partial charge on any atom is -0.355 e. The molecule has 0 aliphatic heterocycles. The predicted octanol–water partition coefficient (Wildman–Crippen LogP) is 3.46. The van der Waals surface area contributed by atoms with Crippen LogP contribution in [0.4, 0.5) is 0 Å². The zero-order chi connectivity index (χ0) is 18.4. The molecular weight excluding hydrogens is 346 g/mol. The van der Waals surface area contributed by atoms with E-state index in [1.807, 2.05) is 38.1 Å². The number of benzene rings is 1. The number of nitrogens with one attached hydrogen (secondary N) is 1. The van der Waals surface area contributed by atoms with Crippen molar-refractivity contribution in [2.45, 2.75) is 56.4 Å². The number of hydrogen-bond donors (Lipinski definition) is 1. The molecule has 1 heterocycles. The van der Waals surface area contributed by atoms with Gasteiger partial charge in [-0.1, -0.05) is 41.1 Å². The first kappa shape index (κ1) is 18.6. The zero-order valence-electron chi connectivity index (χ0n) is 15.3. The number of amides is 1. The van der Waals surface area contributed by atoms with E-state index in [-0.39, 0.29) is 11.2 Å². The second kappa shape index (κ2) is 8.98. The molecule has 1 aliphatic rings. The summed E-state index contributed by atoms with van der Waals surface area (Å²) >= 11 is 1.37. The summed E-state index contributed by atoms with van der Waals surface area (Å²) < 4.78 is 1.67. The van der Waals surface area contributed by atoms with Gasteiger partial charge in [-0.25, -0.2) is 0 Å². The molecule has 1 aromatic carbocycles. The molecule has 138 valence electrons. The fourth-order valence-corrected chi connectivity index (χ4v) is 3.77. The van der Waals surface area contributed by atoms with Gasteiger partial charge >= 0.3 is 0 Å². The van der Waals surface area contributed by atoms with Crippen molar-refractivity contribution in [2.75, 3.05) is 6.54 Å². The Morgan fingerprint density at radius 1 is 1.31 bits per heavy atom. The fraction of sp³-hybridized carbons (Fsp3) is 0.474. The van der Waals surface area contributed by atoms with Crippen LogP contribution < -0.4 is 5.32 Å². The van der Waals surface area contributed by atoms with Crippen LogP contribution in [0, 0.1) is 6.92 Å². The molecule has 0 radical (unpaired) electrons. The fourth-order valence-electron chi connectivity index (χ4n) is 2.93. The van der Waals surface area contributed by atoms with Crippen LogP contribution in [0.2, 0.25) is 0 Å². The van der Waals surface area contributed by atoms with Crippen molar-refractivity contribution in [2.24, 2.45) is 0 Å². The third kappa shape index (κ3) is 4.94. The molecule has 1 aromatic heterocycles. The first-order chi connectivity index (χ1) is 12.6. The molecule has 7 heteroatoms. The number of rotatable bonds is 7. The molecule has 0 spiro atoms. The molecule has 0 saturated carbocycles. The lowest BCUT2D eigenvalue weighted by Crippen LogP contribution is -2.32. The first-order valence-electron chi connectivity index (χ1n) is 9.11. The Hall–Kier alpha value is -2.15. The summed E-state index contributed by atoms with van der Waals surface area (Å²) in [6.07, 6.45) is 8.18. The van der Waals surface area contributed by atoms with Crippen LogP contribution in [-0.4, -0.2) is 37.9 Å². The van der Waals surface area contributed by atoms with Crippen molar-refractivity contribution < 1.29 is 4.79 Å². The third-order valence-corrected chi connectivity index (χ3v) is 5.53. The molecule has 0 bridgehead atoms. The smallest absolute Gasteiger partial charge is 0.233 e. The largest absolute Gasteiger partial charge is 0.355 e. The van der Waals surface area contributed by atoms with E-state index in [0.29, 0.717) is 11.7 Å². The van der Waals surface area contributed by atoms with Gasteiger partial charge in [-0.15, -0.1) is 5.10 Å². The first-order valence-corrected chi connectivity index (χ1v) is 9.99. The van der Waals surface area contributed by atoms with Gasteiger partial charge in [-0.2, -0.15) is 4.68 Å². The number of aromatic nitrogens is 4. The number of tetrazole rings is 1. The maximum absolute atomic E-state index is 12.4. The second-order valence-corrected chi connectivity index (χ2v) is 7.93. The summed E-state index contributed by atoms with van der Waals surface area (Å²) in [5, 5.41) is 15.3. The highest BCUT2D eigenvalue weighted by molar-refractivity contribution is 8.00.